The van der Waals surface area contributed by atoms with Gasteiger partial charge in [-0.15, -0.1) is 0 Å². The number of methoxy groups -OCH3 is 2. The summed E-state index contributed by atoms with van der Waals surface area (Å²) in [5.41, 5.74) is 0.270. The number of hydrogen-bond acceptors (Lipinski definition) is 8. The summed E-state index contributed by atoms with van der Waals surface area (Å²) in [6, 6.07) is 2.87. The molecule has 26 heavy (non-hydrogen) atoms. The van der Waals surface area contributed by atoms with Gasteiger partial charge in [0.2, 0.25) is 0 Å². The first-order chi connectivity index (χ1) is 12.4. The van der Waals surface area contributed by atoms with E-state index in [0.717, 1.165) is 14.2 Å². The first kappa shape index (κ1) is 21.1. The van der Waals surface area contributed by atoms with E-state index in [2.05, 4.69) is 20.1 Å². The predicted octanol–water partition coefficient (Wildman–Crippen LogP) is -1.79. The van der Waals surface area contributed by atoms with Crippen molar-refractivity contribution in [3.63, 3.8) is 0 Å². The lowest BCUT2D eigenvalue weighted by atomic mass is 10.1. The minimum atomic E-state index is -1.21. The van der Waals surface area contributed by atoms with E-state index in [9.17, 15) is 19.2 Å². The third-order valence-electron chi connectivity index (χ3n) is 3.36. The summed E-state index contributed by atoms with van der Waals surface area (Å²) in [7, 11) is 2.25. The summed E-state index contributed by atoms with van der Waals surface area (Å²) in [5.74, 6) is -2.89. The van der Waals surface area contributed by atoms with Gasteiger partial charge in [-0.25, -0.2) is 9.59 Å². The van der Waals surface area contributed by atoms with E-state index in [4.69, 9.17) is 10.2 Å². The lowest BCUT2D eigenvalue weighted by Crippen LogP contribution is -2.44. The zero-order valence-electron chi connectivity index (χ0n) is 14.2. The van der Waals surface area contributed by atoms with Crippen molar-refractivity contribution in [2.75, 3.05) is 27.4 Å². The summed E-state index contributed by atoms with van der Waals surface area (Å²) < 4.78 is 8.88. The second kappa shape index (κ2) is 10.1. The average molecular weight is 368 g/mol. The van der Waals surface area contributed by atoms with E-state index in [1.54, 1.807) is 0 Å². The van der Waals surface area contributed by atoms with Crippen LogP contribution in [0, 0.1) is 0 Å². The average Bonchev–Trinajstić information content (AvgIpc) is 2.68. The highest BCUT2D eigenvalue weighted by atomic mass is 16.5. The minimum Gasteiger partial charge on any atom is -0.467 e. The molecule has 1 aromatic carbocycles. The van der Waals surface area contributed by atoms with Crippen molar-refractivity contribution < 1.29 is 38.9 Å². The van der Waals surface area contributed by atoms with Crippen LogP contribution >= 0.6 is 0 Å². The van der Waals surface area contributed by atoms with Gasteiger partial charge >= 0.3 is 11.9 Å². The van der Waals surface area contributed by atoms with Crippen LogP contribution in [0.2, 0.25) is 0 Å². The molecule has 0 fully saturated rings. The Balaban J connectivity index is 2.78. The second-order valence-electron chi connectivity index (χ2n) is 5.04. The molecule has 142 valence electrons. The van der Waals surface area contributed by atoms with Gasteiger partial charge in [0.05, 0.1) is 27.4 Å². The molecule has 4 N–H and O–H groups in total. The van der Waals surface area contributed by atoms with Gasteiger partial charge in [-0.2, -0.15) is 0 Å². The molecule has 0 aliphatic carbocycles. The number of amides is 2. The standard InChI is InChI=1S/C16H20N2O8/c1-25-15(23)11(7-19)17-13(21)9-3-5-10(6-4-9)14(22)18-12(8-20)16(24)26-2/h3-6,11-12,19-20H,7-8H2,1-2H3,(H,17,21)(H,18,22)/t11-,12-/m0/s1. The molecule has 1 rings (SSSR count). The van der Waals surface area contributed by atoms with Crippen molar-refractivity contribution in [3.8, 4) is 0 Å². The number of hydrogen-bond donors (Lipinski definition) is 4. The van der Waals surface area contributed by atoms with Crippen LogP contribution < -0.4 is 10.6 Å². The number of rotatable bonds is 8. The highest BCUT2D eigenvalue weighted by molar-refractivity contribution is 6.00. The van der Waals surface area contributed by atoms with Crippen molar-refractivity contribution >= 4 is 23.8 Å². The summed E-state index contributed by atoms with van der Waals surface area (Å²) in [6.45, 7) is -1.26. The molecule has 0 radical (unpaired) electrons. The third kappa shape index (κ3) is 5.53. The molecule has 0 aromatic heterocycles. The Hall–Kier alpha value is -2.98. The van der Waals surface area contributed by atoms with E-state index >= 15 is 0 Å². The number of aliphatic hydroxyl groups is 2. The first-order valence-electron chi connectivity index (χ1n) is 7.47. The lowest BCUT2D eigenvalue weighted by Gasteiger charge is -2.15. The van der Waals surface area contributed by atoms with E-state index < -0.39 is 49.1 Å². The number of nitrogens with one attached hydrogen (secondary N) is 2. The zero-order valence-corrected chi connectivity index (χ0v) is 14.2. The number of carbonyl (C=O) groups excluding carboxylic acids is 4. The quantitative estimate of drug-likeness (QED) is 0.393. The van der Waals surface area contributed by atoms with Crippen LogP contribution in [0.25, 0.3) is 0 Å². The predicted molar refractivity (Wildman–Crippen MR) is 87.2 cm³/mol. The van der Waals surface area contributed by atoms with Crippen LogP contribution in [0.15, 0.2) is 24.3 Å². The van der Waals surface area contributed by atoms with Crippen molar-refractivity contribution in [1.29, 1.82) is 0 Å². The first-order valence-corrected chi connectivity index (χ1v) is 7.47. The Kier molecular flexibility index (Phi) is 8.19. The van der Waals surface area contributed by atoms with Gasteiger partial charge in [0.15, 0.2) is 12.1 Å². The maximum atomic E-state index is 12.0. The zero-order chi connectivity index (χ0) is 19.7. The molecule has 10 heteroatoms. The van der Waals surface area contributed by atoms with Gasteiger partial charge in [0, 0.05) is 11.1 Å². The summed E-state index contributed by atoms with van der Waals surface area (Å²) in [6.07, 6.45) is 0. The number of esters is 2. The van der Waals surface area contributed by atoms with Crippen molar-refractivity contribution in [2.24, 2.45) is 0 Å². The molecule has 10 nitrogen and oxygen atoms in total. The summed E-state index contributed by atoms with van der Waals surface area (Å²) in [4.78, 5) is 46.8. The molecular weight excluding hydrogens is 348 g/mol. The Labute approximate surface area is 149 Å². The van der Waals surface area contributed by atoms with Gasteiger partial charge in [0.1, 0.15) is 0 Å². The maximum Gasteiger partial charge on any atom is 0.330 e. The SMILES string of the molecule is COC(=O)[C@H](CO)NC(=O)c1ccc(C(=O)N[C@@H](CO)C(=O)OC)cc1. The smallest absolute Gasteiger partial charge is 0.330 e. The Morgan fingerprint density at radius 3 is 1.35 bits per heavy atom. The molecule has 0 aliphatic heterocycles. The molecule has 2 atom stereocenters. The van der Waals surface area contributed by atoms with Gasteiger partial charge < -0.3 is 30.3 Å². The van der Waals surface area contributed by atoms with Crippen LogP contribution in [0.3, 0.4) is 0 Å². The molecule has 0 spiro atoms. The lowest BCUT2D eigenvalue weighted by molar-refractivity contribution is -0.144. The van der Waals surface area contributed by atoms with Crippen molar-refractivity contribution in [3.05, 3.63) is 35.4 Å². The Morgan fingerprint density at radius 1 is 0.808 bits per heavy atom. The van der Waals surface area contributed by atoms with Gasteiger partial charge in [-0.05, 0) is 24.3 Å². The van der Waals surface area contributed by atoms with Crippen LogP contribution in [0.4, 0.5) is 0 Å². The molecule has 0 aliphatic rings. The third-order valence-corrected chi connectivity index (χ3v) is 3.36. The van der Waals surface area contributed by atoms with Gasteiger partial charge in [-0.1, -0.05) is 0 Å². The maximum absolute atomic E-state index is 12.0. The van der Waals surface area contributed by atoms with Crippen molar-refractivity contribution in [1.82, 2.24) is 10.6 Å². The summed E-state index contributed by atoms with van der Waals surface area (Å²) in [5, 5.41) is 22.7. The number of aliphatic hydroxyl groups excluding tert-OH is 2. The topological polar surface area (TPSA) is 151 Å². The monoisotopic (exact) mass is 368 g/mol. The van der Waals surface area contributed by atoms with Crippen molar-refractivity contribution in [2.45, 2.75) is 12.1 Å². The molecular formula is C16H20N2O8. The molecule has 0 bridgehead atoms. The second-order valence-corrected chi connectivity index (χ2v) is 5.04. The highest BCUT2D eigenvalue weighted by Gasteiger charge is 2.23. The molecule has 0 unspecified atom stereocenters. The van der Waals surface area contributed by atoms with Gasteiger partial charge in [-0.3, -0.25) is 9.59 Å². The van der Waals surface area contributed by atoms with Crippen LogP contribution in [-0.2, 0) is 19.1 Å². The molecule has 0 saturated heterocycles. The Bertz CT molecular complexity index is 602. The molecule has 2 amide bonds. The van der Waals surface area contributed by atoms with Crippen LogP contribution in [0.1, 0.15) is 20.7 Å². The van der Waals surface area contributed by atoms with E-state index in [0.29, 0.717) is 0 Å². The molecule has 0 saturated carbocycles. The number of benzene rings is 1. The fraction of sp³-hybridized carbons (Fsp3) is 0.375. The van der Waals surface area contributed by atoms with E-state index in [-0.39, 0.29) is 11.1 Å². The Morgan fingerprint density at radius 2 is 1.12 bits per heavy atom. The van der Waals surface area contributed by atoms with E-state index in [1.807, 2.05) is 0 Å². The highest BCUT2D eigenvalue weighted by Crippen LogP contribution is 2.06. The largest absolute Gasteiger partial charge is 0.467 e. The normalized spacial score (nSPS) is 12.5. The van der Waals surface area contributed by atoms with Crippen LogP contribution in [-0.4, -0.2) is 73.5 Å². The minimum absolute atomic E-state index is 0.135. The number of carbonyl (C=O) groups is 4. The fourth-order valence-electron chi connectivity index (χ4n) is 1.90. The molecule has 1 aromatic rings. The van der Waals surface area contributed by atoms with E-state index in [1.165, 1.54) is 24.3 Å². The number of ether oxygens (including phenoxy) is 2. The molecule has 0 heterocycles. The fourth-order valence-corrected chi connectivity index (χ4v) is 1.90. The summed E-state index contributed by atoms with van der Waals surface area (Å²) >= 11 is 0. The van der Waals surface area contributed by atoms with Crippen LogP contribution in [0.5, 0.6) is 0 Å². The van der Waals surface area contributed by atoms with Gasteiger partial charge in [0.25, 0.3) is 11.8 Å².